The summed E-state index contributed by atoms with van der Waals surface area (Å²) in [4.78, 5) is 17.9. The number of carbonyl (C=O) groups is 1. The molecule has 0 spiro atoms. The molecule has 1 amide bonds. The van der Waals surface area contributed by atoms with Crippen LogP contribution in [0.25, 0.3) is 5.70 Å². The number of alkyl halides is 6. The molecule has 0 aromatic heterocycles. The maximum absolute atomic E-state index is 15.2. The molecule has 2 unspecified atom stereocenters. The predicted molar refractivity (Wildman–Crippen MR) is 115 cm³/mol. The molecule has 192 valence electrons. The molecular formula is C23H15Cl2F7N2O2. The molecule has 2 aliphatic heterocycles. The first-order valence-corrected chi connectivity index (χ1v) is 11.3. The van der Waals surface area contributed by atoms with E-state index in [1.807, 2.05) is 0 Å². The van der Waals surface area contributed by atoms with E-state index in [4.69, 9.17) is 28.0 Å². The first kappa shape index (κ1) is 25.2. The molecule has 1 N–H and O–H groups in total. The predicted octanol–water partition coefficient (Wildman–Crippen LogP) is 6.13. The molecule has 0 radical (unpaired) electrons. The van der Waals surface area contributed by atoms with Crippen LogP contribution >= 0.6 is 23.2 Å². The third-order valence-corrected chi connectivity index (χ3v) is 7.09. The van der Waals surface area contributed by atoms with Crippen molar-refractivity contribution in [1.29, 1.82) is 0 Å². The lowest BCUT2D eigenvalue weighted by atomic mass is 9.86. The van der Waals surface area contributed by atoms with Crippen molar-refractivity contribution in [3.63, 3.8) is 0 Å². The molecule has 2 atom stereocenters. The Kier molecular flexibility index (Phi) is 5.59. The average molecular weight is 555 g/mol. The molecular weight excluding hydrogens is 540 g/mol. The van der Waals surface area contributed by atoms with Gasteiger partial charge in [0.25, 0.3) is 5.92 Å². The van der Waals surface area contributed by atoms with Crippen molar-refractivity contribution >= 4 is 34.8 Å². The van der Waals surface area contributed by atoms with E-state index in [-0.39, 0.29) is 16.8 Å². The molecule has 2 heterocycles. The van der Waals surface area contributed by atoms with Crippen molar-refractivity contribution in [3.05, 3.63) is 75.0 Å². The Labute approximate surface area is 209 Å². The summed E-state index contributed by atoms with van der Waals surface area (Å²) in [6.45, 7) is -0.795. The Balaban J connectivity index is 1.37. The number of nitrogens with zero attached hydrogens (tertiary/aromatic N) is 1. The summed E-state index contributed by atoms with van der Waals surface area (Å²) in [5.41, 5.74) is -3.13. The molecule has 2 fully saturated rings. The lowest BCUT2D eigenvalue weighted by molar-refractivity contribution is -0.269. The van der Waals surface area contributed by atoms with E-state index in [0.29, 0.717) is 0 Å². The van der Waals surface area contributed by atoms with Crippen molar-refractivity contribution in [2.75, 3.05) is 13.1 Å². The molecule has 5 rings (SSSR count). The summed E-state index contributed by atoms with van der Waals surface area (Å²) in [6.07, 6.45) is -4.82. The second-order valence-electron chi connectivity index (χ2n) is 9.00. The number of hydrogen-bond donors (Lipinski definition) is 1. The fourth-order valence-corrected chi connectivity index (χ4v) is 4.79. The van der Waals surface area contributed by atoms with E-state index in [1.165, 1.54) is 24.3 Å². The number of hydroxylamine groups is 1. The van der Waals surface area contributed by atoms with Crippen LogP contribution in [0.5, 0.6) is 0 Å². The van der Waals surface area contributed by atoms with Crippen molar-refractivity contribution in [1.82, 2.24) is 10.4 Å². The second kappa shape index (κ2) is 8.00. The van der Waals surface area contributed by atoms with Crippen molar-refractivity contribution in [3.8, 4) is 0 Å². The van der Waals surface area contributed by atoms with Crippen molar-refractivity contribution in [2.45, 2.75) is 29.8 Å². The molecule has 13 heteroatoms. The van der Waals surface area contributed by atoms with Gasteiger partial charge >= 0.3 is 6.18 Å². The van der Waals surface area contributed by atoms with Crippen LogP contribution in [0.1, 0.15) is 23.1 Å². The maximum atomic E-state index is 15.2. The molecule has 1 saturated carbocycles. The third-order valence-electron chi connectivity index (χ3n) is 6.54. The van der Waals surface area contributed by atoms with Crippen LogP contribution in [0.15, 0.2) is 42.5 Å². The molecule has 3 aliphatic rings. The number of likely N-dealkylation sites (tertiary alicyclic amines) is 1. The Hall–Kier alpha value is -2.50. The van der Waals surface area contributed by atoms with Crippen LogP contribution in [0.2, 0.25) is 10.0 Å². The normalized spacial score (nSPS) is 26.2. The number of hydrogen-bond acceptors (Lipinski definition) is 3. The van der Waals surface area contributed by atoms with Gasteiger partial charge in [0.1, 0.15) is 5.92 Å². The minimum absolute atomic E-state index is 0.107. The highest BCUT2D eigenvalue weighted by molar-refractivity contribution is 6.35. The lowest BCUT2D eigenvalue weighted by Gasteiger charge is -2.44. The van der Waals surface area contributed by atoms with Crippen LogP contribution in [-0.2, 0) is 20.9 Å². The Morgan fingerprint density at radius 1 is 1.03 bits per heavy atom. The number of rotatable bonds is 4. The van der Waals surface area contributed by atoms with Crippen LogP contribution in [0.3, 0.4) is 0 Å². The van der Waals surface area contributed by atoms with Gasteiger partial charge in [-0.2, -0.15) is 13.2 Å². The summed E-state index contributed by atoms with van der Waals surface area (Å²) in [7, 11) is 0. The van der Waals surface area contributed by atoms with Crippen molar-refractivity contribution < 1.29 is 40.4 Å². The topological polar surface area (TPSA) is 41.6 Å². The van der Waals surface area contributed by atoms with Gasteiger partial charge in [-0.15, -0.1) is 0 Å². The Morgan fingerprint density at radius 2 is 1.58 bits per heavy atom. The standard InChI is InChI=1S/C23H15Cl2F7N2O2/c24-15-5-13(6-16(25)18(15)26)21(23(30,31)32)8-17(33-36-21)11-1-3-12(4-2-11)20(27)9-34(10-20)19(35)14-7-22(14,28)29/h1-6,8,14,33H,7,9-10H2. The van der Waals surface area contributed by atoms with Gasteiger partial charge in [-0.3, -0.25) is 15.1 Å². The fraction of sp³-hybridized carbons (Fsp3) is 0.348. The van der Waals surface area contributed by atoms with E-state index in [0.717, 1.165) is 23.1 Å². The van der Waals surface area contributed by atoms with Gasteiger partial charge in [0, 0.05) is 12.0 Å². The smallest absolute Gasteiger partial charge is 0.335 e. The van der Waals surface area contributed by atoms with Gasteiger partial charge < -0.3 is 4.90 Å². The van der Waals surface area contributed by atoms with Crippen molar-refractivity contribution in [2.24, 2.45) is 5.92 Å². The van der Waals surface area contributed by atoms with E-state index in [9.17, 15) is 31.1 Å². The molecule has 0 bridgehead atoms. The fourth-order valence-electron chi connectivity index (χ4n) is 4.30. The van der Waals surface area contributed by atoms with E-state index >= 15 is 4.39 Å². The van der Waals surface area contributed by atoms with Gasteiger partial charge in [-0.1, -0.05) is 47.5 Å². The van der Waals surface area contributed by atoms with Crippen LogP contribution in [0, 0.1) is 11.7 Å². The monoisotopic (exact) mass is 554 g/mol. The van der Waals surface area contributed by atoms with E-state index < -0.39 is 76.1 Å². The summed E-state index contributed by atoms with van der Waals surface area (Å²) in [5, 5.41) is -1.25. The molecule has 2 aromatic rings. The zero-order valence-electron chi connectivity index (χ0n) is 17.9. The largest absolute Gasteiger partial charge is 0.428 e. The quantitative estimate of drug-likeness (QED) is 0.365. The van der Waals surface area contributed by atoms with Crippen LogP contribution < -0.4 is 5.48 Å². The number of nitrogens with one attached hydrogen (secondary N) is 1. The van der Waals surface area contributed by atoms with Gasteiger partial charge in [-0.05, 0) is 29.3 Å². The van der Waals surface area contributed by atoms with Gasteiger partial charge in [0.15, 0.2) is 11.5 Å². The van der Waals surface area contributed by atoms with Gasteiger partial charge in [-0.25, -0.2) is 17.6 Å². The van der Waals surface area contributed by atoms with Gasteiger partial charge in [0.05, 0.1) is 28.8 Å². The second-order valence-corrected chi connectivity index (χ2v) is 9.82. The SMILES string of the molecule is O=C(C1CC1(F)F)N1CC(F)(c2ccc(C3=CC(c4cc(Cl)c(F)c(Cl)c4)(C(F)(F)F)ON3)cc2)C1. The highest BCUT2D eigenvalue weighted by atomic mass is 35.5. The summed E-state index contributed by atoms with van der Waals surface area (Å²) < 4.78 is 97.6. The van der Waals surface area contributed by atoms with Crippen LogP contribution in [-0.4, -0.2) is 36.0 Å². The minimum Gasteiger partial charge on any atom is -0.335 e. The maximum Gasteiger partial charge on any atom is 0.428 e. The van der Waals surface area contributed by atoms with E-state index in [1.54, 1.807) is 0 Å². The average Bonchev–Trinajstić information content (AvgIpc) is 3.19. The number of amides is 1. The van der Waals surface area contributed by atoms with E-state index in [2.05, 4.69) is 5.48 Å². The van der Waals surface area contributed by atoms with Crippen LogP contribution in [0.4, 0.5) is 30.7 Å². The molecule has 4 nitrogen and oxygen atoms in total. The number of carbonyl (C=O) groups excluding carboxylic acids is 1. The summed E-state index contributed by atoms with van der Waals surface area (Å²) >= 11 is 11.4. The number of benzene rings is 2. The Morgan fingerprint density at radius 3 is 2.08 bits per heavy atom. The molecule has 36 heavy (non-hydrogen) atoms. The zero-order valence-corrected chi connectivity index (χ0v) is 19.4. The summed E-state index contributed by atoms with van der Waals surface area (Å²) in [6, 6.07) is 6.85. The summed E-state index contributed by atoms with van der Waals surface area (Å²) in [5.74, 6) is -6.34. The molecule has 2 aromatic carbocycles. The number of halogens is 9. The molecule has 1 saturated heterocycles. The highest BCUT2D eigenvalue weighted by Crippen LogP contribution is 2.52. The Bertz CT molecular complexity index is 1250. The van der Waals surface area contributed by atoms with Gasteiger partial charge in [0.2, 0.25) is 11.5 Å². The first-order valence-electron chi connectivity index (χ1n) is 10.5. The minimum atomic E-state index is -5.00. The third kappa shape index (κ3) is 3.92. The highest BCUT2D eigenvalue weighted by Gasteiger charge is 2.64. The zero-order chi connectivity index (χ0) is 26.3. The molecule has 1 aliphatic carbocycles. The lowest BCUT2D eigenvalue weighted by Crippen LogP contribution is -2.59. The first-order chi connectivity index (χ1) is 16.7.